The summed E-state index contributed by atoms with van der Waals surface area (Å²) in [5.74, 6) is 0.625. The summed E-state index contributed by atoms with van der Waals surface area (Å²) in [4.78, 5) is 10.4. The maximum atomic E-state index is 10.9. The predicted octanol–water partition coefficient (Wildman–Crippen LogP) is 3.31. The van der Waals surface area contributed by atoms with Crippen LogP contribution in [0.5, 0.6) is 11.5 Å². The normalized spacial score (nSPS) is 10.7. The lowest BCUT2D eigenvalue weighted by molar-refractivity contribution is -0.385. The van der Waals surface area contributed by atoms with Gasteiger partial charge in [0.1, 0.15) is 5.75 Å². The summed E-state index contributed by atoms with van der Waals surface area (Å²) in [6.45, 7) is 4.14. The van der Waals surface area contributed by atoms with Crippen LogP contribution in [0.1, 0.15) is 26.7 Å². The summed E-state index contributed by atoms with van der Waals surface area (Å²) in [7, 11) is 1.38. The highest BCUT2D eigenvalue weighted by molar-refractivity contribution is 5.50. The molecule has 6 heteroatoms. The zero-order valence-electron chi connectivity index (χ0n) is 11.9. The molecule has 0 bridgehead atoms. The lowest BCUT2D eigenvalue weighted by Gasteiger charge is -2.14. The molecule has 0 atom stereocenters. The SMILES string of the molecule is COc1ccc(OCCCC(C)(C)C#N)cc1[N+](=O)[O-]. The van der Waals surface area contributed by atoms with E-state index in [2.05, 4.69) is 6.07 Å². The van der Waals surface area contributed by atoms with Crippen molar-refractivity contribution >= 4 is 5.69 Å². The Morgan fingerprint density at radius 3 is 2.70 bits per heavy atom. The predicted molar refractivity (Wildman–Crippen MR) is 73.8 cm³/mol. The summed E-state index contributed by atoms with van der Waals surface area (Å²) in [6, 6.07) is 6.69. The summed E-state index contributed by atoms with van der Waals surface area (Å²) < 4.78 is 10.4. The summed E-state index contributed by atoms with van der Waals surface area (Å²) in [5.41, 5.74) is -0.503. The minimum absolute atomic E-state index is 0.123. The molecule has 0 aliphatic rings. The van der Waals surface area contributed by atoms with E-state index in [0.29, 0.717) is 25.2 Å². The van der Waals surface area contributed by atoms with E-state index in [1.807, 2.05) is 13.8 Å². The van der Waals surface area contributed by atoms with Crippen molar-refractivity contribution in [2.45, 2.75) is 26.7 Å². The minimum Gasteiger partial charge on any atom is -0.493 e. The highest BCUT2D eigenvalue weighted by Gasteiger charge is 2.17. The van der Waals surface area contributed by atoms with Gasteiger partial charge in [-0.2, -0.15) is 5.26 Å². The van der Waals surface area contributed by atoms with Gasteiger partial charge in [-0.05, 0) is 38.8 Å². The van der Waals surface area contributed by atoms with Crippen molar-refractivity contribution in [3.63, 3.8) is 0 Å². The molecule has 20 heavy (non-hydrogen) atoms. The molecule has 1 rings (SSSR count). The fourth-order valence-electron chi connectivity index (χ4n) is 1.66. The van der Waals surface area contributed by atoms with E-state index in [4.69, 9.17) is 14.7 Å². The first-order valence-electron chi connectivity index (χ1n) is 6.26. The van der Waals surface area contributed by atoms with E-state index in [1.54, 1.807) is 6.07 Å². The molecule has 0 spiro atoms. The fraction of sp³-hybridized carbons (Fsp3) is 0.500. The Bertz CT molecular complexity index is 520. The number of methoxy groups -OCH3 is 1. The zero-order valence-corrected chi connectivity index (χ0v) is 11.9. The Kier molecular flexibility index (Phi) is 5.32. The van der Waals surface area contributed by atoms with E-state index >= 15 is 0 Å². The molecule has 108 valence electrons. The summed E-state index contributed by atoms with van der Waals surface area (Å²) >= 11 is 0. The monoisotopic (exact) mass is 278 g/mol. The number of benzene rings is 1. The molecule has 0 heterocycles. The Morgan fingerprint density at radius 2 is 2.15 bits per heavy atom. The van der Waals surface area contributed by atoms with Gasteiger partial charge in [-0.15, -0.1) is 0 Å². The lowest BCUT2D eigenvalue weighted by atomic mass is 9.90. The molecule has 0 N–H and O–H groups in total. The zero-order chi connectivity index (χ0) is 15.2. The minimum atomic E-state index is -0.509. The second-order valence-electron chi connectivity index (χ2n) is 5.04. The molecule has 1 aromatic carbocycles. The van der Waals surface area contributed by atoms with Crippen LogP contribution < -0.4 is 9.47 Å². The topological polar surface area (TPSA) is 85.4 Å². The van der Waals surface area contributed by atoms with Crippen LogP contribution in [0, 0.1) is 26.9 Å². The molecular formula is C14H18N2O4. The maximum Gasteiger partial charge on any atom is 0.314 e. The molecule has 0 aromatic heterocycles. The fourth-order valence-corrected chi connectivity index (χ4v) is 1.66. The van der Waals surface area contributed by atoms with Gasteiger partial charge in [0.05, 0.1) is 36.2 Å². The first-order valence-corrected chi connectivity index (χ1v) is 6.26. The van der Waals surface area contributed by atoms with Gasteiger partial charge in [-0.3, -0.25) is 10.1 Å². The van der Waals surface area contributed by atoms with E-state index in [9.17, 15) is 10.1 Å². The molecule has 1 aromatic rings. The van der Waals surface area contributed by atoms with Gasteiger partial charge in [0, 0.05) is 0 Å². The molecule has 0 saturated carbocycles. The van der Waals surface area contributed by atoms with Crippen molar-refractivity contribution in [3.8, 4) is 17.6 Å². The Morgan fingerprint density at radius 1 is 1.45 bits per heavy atom. The van der Waals surface area contributed by atoms with Crippen LogP contribution in [0.3, 0.4) is 0 Å². The number of nitro groups is 1. The highest BCUT2D eigenvalue weighted by Crippen LogP contribution is 2.31. The van der Waals surface area contributed by atoms with E-state index in [1.165, 1.54) is 19.2 Å². The Labute approximate surface area is 118 Å². The molecular weight excluding hydrogens is 260 g/mol. The number of nitrogens with zero attached hydrogens (tertiary/aromatic N) is 2. The van der Waals surface area contributed by atoms with Crippen LogP contribution in [0.15, 0.2) is 18.2 Å². The van der Waals surface area contributed by atoms with Gasteiger partial charge in [0.25, 0.3) is 0 Å². The molecule has 0 saturated heterocycles. The van der Waals surface area contributed by atoms with Crippen LogP contribution in [0.2, 0.25) is 0 Å². The molecule has 6 nitrogen and oxygen atoms in total. The van der Waals surface area contributed by atoms with Gasteiger partial charge in [0.2, 0.25) is 0 Å². The smallest absolute Gasteiger partial charge is 0.314 e. The molecule has 0 fully saturated rings. The summed E-state index contributed by atoms with van der Waals surface area (Å²) in [5, 5.41) is 19.8. The van der Waals surface area contributed by atoms with Crippen LogP contribution in [-0.2, 0) is 0 Å². The van der Waals surface area contributed by atoms with Gasteiger partial charge in [-0.25, -0.2) is 0 Å². The van der Waals surface area contributed by atoms with E-state index < -0.39 is 4.92 Å². The average molecular weight is 278 g/mol. The molecule has 0 unspecified atom stereocenters. The van der Waals surface area contributed by atoms with Gasteiger partial charge in [-0.1, -0.05) is 0 Å². The maximum absolute atomic E-state index is 10.9. The van der Waals surface area contributed by atoms with Crippen molar-refractivity contribution < 1.29 is 14.4 Å². The van der Waals surface area contributed by atoms with Crippen molar-refractivity contribution in [1.82, 2.24) is 0 Å². The number of nitriles is 1. The van der Waals surface area contributed by atoms with Crippen molar-refractivity contribution in [3.05, 3.63) is 28.3 Å². The van der Waals surface area contributed by atoms with Crippen LogP contribution in [0.4, 0.5) is 5.69 Å². The van der Waals surface area contributed by atoms with Crippen molar-refractivity contribution in [2.24, 2.45) is 5.41 Å². The lowest BCUT2D eigenvalue weighted by Crippen LogP contribution is -2.10. The molecule has 0 amide bonds. The second-order valence-corrected chi connectivity index (χ2v) is 5.04. The Hall–Kier alpha value is -2.29. The third-order valence-corrected chi connectivity index (χ3v) is 2.86. The van der Waals surface area contributed by atoms with Gasteiger partial charge in [0.15, 0.2) is 5.75 Å². The standard InChI is InChI=1S/C14H18N2O4/c1-14(2,10-15)7-4-8-20-11-5-6-13(19-3)12(9-11)16(17)18/h5-6,9H,4,7-8H2,1-3H3. The Balaban J connectivity index is 2.60. The largest absolute Gasteiger partial charge is 0.493 e. The third-order valence-electron chi connectivity index (χ3n) is 2.86. The van der Waals surface area contributed by atoms with E-state index in [-0.39, 0.29) is 16.9 Å². The van der Waals surface area contributed by atoms with Crippen LogP contribution in [-0.4, -0.2) is 18.6 Å². The van der Waals surface area contributed by atoms with Crippen LogP contribution in [0.25, 0.3) is 0 Å². The second kappa shape index (κ2) is 6.75. The van der Waals surface area contributed by atoms with Crippen LogP contribution >= 0.6 is 0 Å². The first-order chi connectivity index (χ1) is 9.39. The molecule has 0 aliphatic heterocycles. The van der Waals surface area contributed by atoms with Crippen molar-refractivity contribution in [1.29, 1.82) is 5.26 Å². The first kappa shape index (κ1) is 15.8. The molecule has 0 aliphatic carbocycles. The summed E-state index contributed by atoms with van der Waals surface area (Å²) in [6.07, 6.45) is 1.42. The number of rotatable bonds is 7. The number of nitro benzene ring substituents is 1. The number of hydrogen-bond acceptors (Lipinski definition) is 5. The van der Waals surface area contributed by atoms with Gasteiger partial charge >= 0.3 is 5.69 Å². The molecule has 0 radical (unpaired) electrons. The third kappa shape index (κ3) is 4.43. The number of hydrogen-bond donors (Lipinski definition) is 0. The highest BCUT2D eigenvalue weighted by atomic mass is 16.6. The van der Waals surface area contributed by atoms with Crippen molar-refractivity contribution in [2.75, 3.05) is 13.7 Å². The van der Waals surface area contributed by atoms with Gasteiger partial charge < -0.3 is 9.47 Å². The quantitative estimate of drug-likeness (QED) is 0.434. The van der Waals surface area contributed by atoms with E-state index in [0.717, 1.165) is 0 Å². The number of ether oxygens (including phenoxy) is 2. The average Bonchev–Trinajstić information content (AvgIpc) is 2.43.